The van der Waals surface area contributed by atoms with E-state index < -0.39 is 11.1 Å². The average molecular weight is 653 g/mol. The van der Waals surface area contributed by atoms with E-state index >= 15 is 0 Å². The highest BCUT2D eigenvalue weighted by Crippen LogP contribution is 2.35. The van der Waals surface area contributed by atoms with Crippen LogP contribution in [-0.2, 0) is 20.9 Å². The number of hydrogen-bond acceptors (Lipinski definition) is 8. The van der Waals surface area contributed by atoms with Gasteiger partial charge in [0.25, 0.3) is 5.91 Å². The summed E-state index contributed by atoms with van der Waals surface area (Å²) < 4.78 is 12.0. The fourth-order valence-electron chi connectivity index (χ4n) is 6.26. The number of rotatable bonds is 7. The third kappa shape index (κ3) is 7.19. The molecule has 4 heterocycles. The van der Waals surface area contributed by atoms with Crippen molar-refractivity contribution in [1.82, 2.24) is 25.3 Å². The summed E-state index contributed by atoms with van der Waals surface area (Å²) in [4.78, 5) is 47.0. The van der Waals surface area contributed by atoms with Crippen LogP contribution in [-0.4, -0.2) is 74.5 Å². The normalized spacial score (nSPS) is 19.1. The number of carbonyl (C=O) groups excluding carboxylic acids is 3. The second kappa shape index (κ2) is 13.0. The van der Waals surface area contributed by atoms with Gasteiger partial charge in [-0.3, -0.25) is 14.6 Å². The number of likely N-dealkylation sites (tertiary alicyclic amines) is 2. The second-order valence-corrected chi connectivity index (χ2v) is 14.4. The van der Waals surface area contributed by atoms with E-state index in [4.69, 9.17) is 14.5 Å². The number of aliphatic imine (C=N–C) groups is 1. The van der Waals surface area contributed by atoms with Gasteiger partial charge in [0.15, 0.2) is 0 Å². The van der Waals surface area contributed by atoms with Crippen LogP contribution in [0.5, 0.6) is 11.5 Å². The summed E-state index contributed by atoms with van der Waals surface area (Å²) in [5.41, 5.74) is 2.65. The summed E-state index contributed by atoms with van der Waals surface area (Å²) in [6, 6.07) is 17.3. The molecule has 6 rings (SSSR count). The molecular weight excluding hydrogens is 608 g/mol. The Morgan fingerprint density at radius 3 is 2.31 bits per heavy atom. The summed E-state index contributed by atoms with van der Waals surface area (Å²) in [7, 11) is 0. The molecule has 2 aromatic carbocycles. The van der Waals surface area contributed by atoms with Crippen molar-refractivity contribution in [3.8, 4) is 22.8 Å². The zero-order valence-electron chi connectivity index (χ0n) is 28.6. The molecule has 2 fully saturated rings. The number of amides is 3. The fourth-order valence-corrected chi connectivity index (χ4v) is 6.26. The summed E-state index contributed by atoms with van der Waals surface area (Å²) in [5, 5.41) is 11.7. The number of aromatic nitrogens is 2. The molecule has 0 radical (unpaired) electrons. The molecule has 1 aromatic heterocycles. The summed E-state index contributed by atoms with van der Waals surface area (Å²) in [6.45, 7) is 13.6. The monoisotopic (exact) mass is 652 g/mol. The van der Waals surface area contributed by atoms with E-state index in [0.29, 0.717) is 80.2 Å². The zero-order chi connectivity index (χ0) is 34.2. The van der Waals surface area contributed by atoms with Crippen molar-refractivity contribution in [3.05, 3.63) is 71.4 Å². The van der Waals surface area contributed by atoms with Gasteiger partial charge in [-0.1, -0.05) is 32.9 Å². The maximum Gasteiger partial charge on any atom is 0.410 e. The predicted octanol–water partition coefficient (Wildman–Crippen LogP) is 6.07. The van der Waals surface area contributed by atoms with Gasteiger partial charge in [0.1, 0.15) is 28.5 Å². The highest BCUT2D eigenvalue weighted by molar-refractivity contribution is 6.15. The van der Waals surface area contributed by atoms with Crippen molar-refractivity contribution in [1.29, 1.82) is 0 Å². The van der Waals surface area contributed by atoms with E-state index in [1.165, 1.54) is 0 Å². The molecule has 1 spiro atoms. The van der Waals surface area contributed by atoms with E-state index in [9.17, 15) is 14.4 Å². The van der Waals surface area contributed by atoms with Crippen molar-refractivity contribution in [3.63, 3.8) is 0 Å². The summed E-state index contributed by atoms with van der Waals surface area (Å²) in [6.07, 6.45) is 0.950. The van der Waals surface area contributed by atoms with Gasteiger partial charge in [0.2, 0.25) is 5.91 Å². The number of hydrogen-bond donors (Lipinski definition) is 1. The Hall–Kier alpha value is -4.80. The zero-order valence-corrected chi connectivity index (χ0v) is 28.6. The van der Waals surface area contributed by atoms with Gasteiger partial charge in [0, 0.05) is 49.3 Å². The molecule has 0 unspecified atom stereocenters. The first kappa shape index (κ1) is 33.1. The third-order valence-corrected chi connectivity index (χ3v) is 8.99. The van der Waals surface area contributed by atoms with Crippen molar-refractivity contribution < 1.29 is 23.9 Å². The Balaban J connectivity index is 1.24. The molecule has 3 amide bonds. The van der Waals surface area contributed by atoms with Crippen molar-refractivity contribution in [2.75, 3.05) is 19.6 Å². The smallest absolute Gasteiger partial charge is 0.410 e. The highest BCUT2D eigenvalue weighted by Gasteiger charge is 2.47. The van der Waals surface area contributed by atoms with Gasteiger partial charge >= 0.3 is 6.09 Å². The molecule has 0 saturated carbocycles. The predicted molar refractivity (Wildman–Crippen MR) is 182 cm³/mol. The summed E-state index contributed by atoms with van der Waals surface area (Å²) >= 11 is 0. The molecule has 0 bridgehead atoms. The van der Waals surface area contributed by atoms with Crippen LogP contribution in [0.2, 0.25) is 0 Å². The molecule has 48 heavy (non-hydrogen) atoms. The van der Waals surface area contributed by atoms with Crippen LogP contribution < -0.4 is 10.1 Å². The molecule has 2 saturated heterocycles. The summed E-state index contributed by atoms with van der Waals surface area (Å²) in [5.74, 6) is 2.21. The standard InChI is InChI=1S/C37H44N6O5/c1-23(2)29-13-14-30(41-40-29)25-9-11-28(12-10-25)47-31-20-26(7-8-27(31)22-43-21-24(3)19-32(43)44)33-38-34(45)37(39-33)15-17-42(18-16-37)35(46)48-36(4,5)6/h7-14,20,23-24H,15-19,21-22H2,1-6H3,(H,38,39,45)/t24-/m0/s1. The lowest BCUT2D eigenvalue weighted by Crippen LogP contribution is -2.51. The fraction of sp³-hybridized carbons (Fsp3) is 0.459. The van der Waals surface area contributed by atoms with Gasteiger partial charge in [-0.05, 0) is 87.9 Å². The van der Waals surface area contributed by atoms with E-state index in [1.807, 2.05) is 80.3 Å². The molecule has 0 aliphatic carbocycles. The van der Waals surface area contributed by atoms with Crippen LogP contribution in [0.25, 0.3) is 11.3 Å². The first-order valence-corrected chi connectivity index (χ1v) is 16.7. The molecule has 11 heteroatoms. The van der Waals surface area contributed by atoms with E-state index in [1.54, 1.807) is 4.90 Å². The lowest BCUT2D eigenvalue weighted by molar-refractivity contribution is -0.128. The molecule has 3 aliphatic rings. The van der Waals surface area contributed by atoms with Crippen molar-refractivity contribution in [2.45, 2.75) is 84.4 Å². The Labute approximate surface area is 281 Å². The van der Waals surface area contributed by atoms with E-state index in [0.717, 1.165) is 22.5 Å². The molecule has 3 aliphatic heterocycles. The largest absolute Gasteiger partial charge is 0.457 e. The second-order valence-electron chi connectivity index (χ2n) is 14.4. The minimum absolute atomic E-state index is 0.124. The quantitative estimate of drug-likeness (QED) is 0.328. The Kier molecular flexibility index (Phi) is 8.98. The lowest BCUT2D eigenvalue weighted by atomic mass is 9.88. The van der Waals surface area contributed by atoms with Gasteiger partial charge in [-0.25, -0.2) is 4.79 Å². The van der Waals surface area contributed by atoms with Gasteiger partial charge in [-0.15, -0.1) is 0 Å². The van der Waals surface area contributed by atoms with Gasteiger partial charge in [0.05, 0.1) is 11.4 Å². The van der Waals surface area contributed by atoms with Crippen LogP contribution in [0.3, 0.4) is 0 Å². The minimum Gasteiger partial charge on any atom is -0.457 e. The van der Waals surface area contributed by atoms with Gasteiger partial charge < -0.3 is 24.6 Å². The van der Waals surface area contributed by atoms with Crippen LogP contribution >= 0.6 is 0 Å². The van der Waals surface area contributed by atoms with Crippen LogP contribution in [0, 0.1) is 5.92 Å². The first-order chi connectivity index (χ1) is 22.8. The average Bonchev–Trinajstić information content (AvgIpc) is 3.53. The maximum atomic E-state index is 13.3. The first-order valence-electron chi connectivity index (χ1n) is 16.7. The van der Waals surface area contributed by atoms with E-state index in [-0.39, 0.29) is 17.9 Å². The lowest BCUT2D eigenvalue weighted by Gasteiger charge is -2.36. The Morgan fingerprint density at radius 2 is 1.71 bits per heavy atom. The number of piperidine rings is 1. The van der Waals surface area contributed by atoms with E-state index in [2.05, 4.69) is 36.3 Å². The number of nitrogens with one attached hydrogen (secondary N) is 1. The molecule has 11 nitrogen and oxygen atoms in total. The molecule has 1 atom stereocenters. The maximum absolute atomic E-state index is 13.3. The van der Waals surface area contributed by atoms with Crippen LogP contribution in [0.4, 0.5) is 4.79 Å². The van der Waals surface area contributed by atoms with Crippen molar-refractivity contribution in [2.24, 2.45) is 10.9 Å². The minimum atomic E-state index is -0.947. The number of ether oxygens (including phenoxy) is 2. The molecular formula is C37H44N6O5. The SMILES string of the molecule is CC(C)c1ccc(-c2ccc(Oc3cc(C4=NC5(CCN(C(=O)OC(C)(C)C)CC5)C(=O)N4)ccc3CN3C[C@@H](C)CC3=O)cc2)nn1. The number of nitrogens with zero attached hydrogens (tertiary/aromatic N) is 5. The molecule has 3 aromatic rings. The number of amidine groups is 1. The Morgan fingerprint density at radius 1 is 1.00 bits per heavy atom. The topological polar surface area (TPSA) is 126 Å². The van der Waals surface area contributed by atoms with Gasteiger partial charge in [-0.2, -0.15) is 10.2 Å². The Bertz CT molecular complexity index is 1720. The molecule has 1 N–H and O–H groups in total. The highest BCUT2D eigenvalue weighted by atomic mass is 16.6. The number of benzene rings is 2. The van der Waals surface area contributed by atoms with Crippen molar-refractivity contribution >= 4 is 23.7 Å². The third-order valence-electron chi connectivity index (χ3n) is 8.99. The van der Waals surface area contributed by atoms with Crippen LogP contribution in [0.15, 0.2) is 59.6 Å². The number of carbonyl (C=O) groups is 3. The molecule has 252 valence electrons. The van der Waals surface area contributed by atoms with Crippen LogP contribution in [0.1, 0.15) is 83.5 Å².